The van der Waals surface area contributed by atoms with Gasteiger partial charge in [0, 0.05) is 0 Å². The number of hydrogen-bond acceptors (Lipinski definition) is 4. The van der Waals surface area contributed by atoms with E-state index in [1.165, 1.54) is 12.1 Å². The van der Waals surface area contributed by atoms with Crippen LogP contribution in [0, 0.1) is 0 Å². The van der Waals surface area contributed by atoms with Gasteiger partial charge in [0.2, 0.25) is 10.0 Å². The van der Waals surface area contributed by atoms with Crippen LogP contribution in [-0.4, -0.2) is 43.7 Å². The normalized spacial score (nSPS) is 12.4. The number of carboxylic acid groups (broad SMARTS) is 1. The van der Waals surface area contributed by atoms with Crippen molar-refractivity contribution < 1.29 is 32.2 Å². The number of rotatable bonds is 7. The summed E-state index contributed by atoms with van der Waals surface area (Å²) >= 11 is 0. The van der Waals surface area contributed by atoms with Crippen LogP contribution in [0.15, 0.2) is 23.1 Å². The lowest BCUT2D eigenvalue weighted by molar-refractivity contribution is -0.0437. The van der Waals surface area contributed by atoms with Crippen molar-refractivity contribution in [3.63, 3.8) is 0 Å². The van der Waals surface area contributed by atoms with Gasteiger partial charge in [-0.15, -0.1) is 0 Å². The van der Waals surface area contributed by atoms with Crippen LogP contribution < -0.4 is 4.72 Å². The molecule has 0 aliphatic carbocycles. The number of nitrogens with one attached hydrogen (secondary N) is 1. The first kappa shape index (κ1) is 17.5. The predicted octanol–water partition coefficient (Wildman–Crippen LogP) is 0.853. The summed E-state index contributed by atoms with van der Waals surface area (Å²) in [5, 5.41) is 17.3. The van der Waals surface area contributed by atoms with Gasteiger partial charge in [0.25, 0.3) is 5.92 Å². The lowest BCUT2D eigenvalue weighted by Gasteiger charge is -2.16. The van der Waals surface area contributed by atoms with Gasteiger partial charge in [0.15, 0.2) is 0 Å². The second-order valence-electron chi connectivity index (χ2n) is 4.32. The van der Waals surface area contributed by atoms with Crippen molar-refractivity contribution in [2.24, 2.45) is 0 Å². The molecule has 0 radical (unpaired) electrons. The highest BCUT2D eigenvalue weighted by molar-refractivity contribution is 7.89. The Balaban J connectivity index is 3.17. The maximum absolute atomic E-state index is 12.9. The van der Waals surface area contributed by atoms with E-state index in [2.05, 4.69) is 0 Å². The zero-order chi connectivity index (χ0) is 16.3. The lowest BCUT2D eigenvalue weighted by atomic mass is 10.1. The van der Waals surface area contributed by atoms with E-state index in [1.54, 1.807) is 11.6 Å². The Bertz CT molecular complexity index is 631. The third-order valence-corrected chi connectivity index (χ3v) is 4.22. The number of aryl methyl sites for hydroxylation is 1. The van der Waals surface area contributed by atoms with Gasteiger partial charge in [0.05, 0.1) is 17.0 Å². The fourth-order valence-corrected chi connectivity index (χ4v) is 2.96. The summed E-state index contributed by atoms with van der Waals surface area (Å²) in [5.41, 5.74) is 0.0429. The highest BCUT2D eigenvalue weighted by Gasteiger charge is 2.31. The quantitative estimate of drug-likeness (QED) is 0.690. The molecule has 0 aliphatic heterocycles. The van der Waals surface area contributed by atoms with Gasteiger partial charge in [-0.1, -0.05) is 13.0 Å². The van der Waals surface area contributed by atoms with Crippen LogP contribution >= 0.6 is 0 Å². The van der Waals surface area contributed by atoms with Gasteiger partial charge in [-0.05, 0) is 24.1 Å². The number of carbonyl (C=O) groups is 1. The largest absolute Gasteiger partial charge is 0.478 e. The molecule has 0 fully saturated rings. The van der Waals surface area contributed by atoms with Gasteiger partial charge < -0.3 is 10.2 Å². The summed E-state index contributed by atoms with van der Waals surface area (Å²) in [6, 6.07) is 3.48. The Kier molecular flexibility index (Phi) is 5.37. The molecule has 0 amide bonds. The van der Waals surface area contributed by atoms with Crippen molar-refractivity contribution in [2.75, 3.05) is 13.2 Å². The fraction of sp³-hybridized carbons (Fsp3) is 0.417. The van der Waals surface area contributed by atoms with E-state index in [1.807, 2.05) is 0 Å². The third kappa shape index (κ3) is 4.45. The first-order chi connectivity index (χ1) is 9.63. The molecule has 1 rings (SSSR count). The maximum atomic E-state index is 12.9. The molecule has 0 saturated heterocycles. The molecule has 3 N–H and O–H groups in total. The van der Waals surface area contributed by atoms with E-state index < -0.39 is 35.1 Å². The molecule has 0 atom stereocenters. The summed E-state index contributed by atoms with van der Waals surface area (Å²) in [4.78, 5) is 10.5. The number of benzene rings is 1. The Morgan fingerprint density at radius 1 is 1.38 bits per heavy atom. The maximum Gasteiger partial charge on any atom is 0.335 e. The van der Waals surface area contributed by atoms with Gasteiger partial charge in [-0.3, -0.25) is 0 Å². The number of carboxylic acids is 1. The molecule has 0 saturated carbocycles. The molecule has 1 aromatic rings. The minimum atomic E-state index is -4.31. The number of alkyl halides is 2. The van der Waals surface area contributed by atoms with Crippen LogP contribution in [-0.2, 0) is 16.4 Å². The number of sulfonamides is 1. The third-order valence-electron chi connectivity index (χ3n) is 2.74. The molecule has 1 aromatic carbocycles. The first-order valence-corrected chi connectivity index (χ1v) is 7.46. The number of aliphatic hydroxyl groups excluding tert-OH is 1. The monoisotopic (exact) mass is 323 g/mol. The number of halogens is 2. The van der Waals surface area contributed by atoms with E-state index in [9.17, 15) is 22.0 Å². The molecular formula is C12H15F2NO5S. The van der Waals surface area contributed by atoms with Crippen LogP contribution in [0.2, 0.25) is 0 Å². The van der Waals surface area contributed by atoms with Crippen LogP contribution in [0.4, 0.5) is 8.78 Å². The summed E-state index contributed by atoms with van der Waals surface area (Å²) in [7, 11) is -4.31. The van der Waals surface area contributed by atoms with E-state index >= 15 is 0 Å². The van der Waals surface area contributed by atoms with Crippen LogP contribution in [0.1, 0.15) is 22.8 Å². The summed E-state index contributed by atoms with van der Waals surface area (Å²) in [6.45, 7) is -1.12. The van der Waals surface area contributed by atoms with Crippen LogP contribution in [0.5, 0.6) is 0 Å². The molecule has 9 heteroatoms. The standard InChI is InChI=1S/C12H15F2NO5S/c1-2-8-3-4-9(11(17)18)5-10(8)21(19,20)15-6-12(13,14)7-16/h3-5,15-16H,2,6-7H2,1H3,(H,17,18). The predicted molar refractivity (Wildman–Crippen MR) is 70.0 cm³/mol. The van der Waals surface area contributed by atoms with E-state index in [0.717, 1.165) is 6.07 Å². The van der Waals surface area contributed by atoms with Gasteiger partial charge in [0.1, 0.15) is 6.61 Å². The van der Waals surface area contributed by atoms with Crippen LogP contribution in [0.25, 0.3) is 0 Å². The average Bonchev–Trinajstić information content (AvgIpc) is 2.44. The summed E-state index contributed by atoms with van der Waals surface area (Å²) in [6.07, 6.45) is 0.284. The van der Waals surface area contributed by atoms with E-state index in [-0.39, 0.29) is 16.9 Å². The molecule has 0 aromatic heterocycles. The van der Waals surface area contributed by atoms with Gasteiger partial charge >= 0.3 is 5.97 Å². The molecule has 0 bridgehead atoms. The SMILES string of the molecule is CCc1ccc(C(=O)O)cc1S(=O)(=O)NCC(F)(F)CO. The Morgan fingerprint density at radius 3 is 2.48 bits per heavy atom. The fourth-order valence-electron chi connectivity index (χ4n) is 1.56. The average molecular weight is 323 g/mol. The van der Waals surface area contributed by atoms with Crippen molar-refractivity contribution >= 4 is 16.0 Å². The minimum absolute atomic E-state index is 0.263. The Morgan fingerprint density at radius 2 is 2.00 bits per heavy atom. The minimum Gasteiger partial charge on any atom is -0.478 e. The number of aliphatic hydroxyl groups is 1. The van der Waals surface area contributed by atoms with Crippen molar-refractivity contribution in [1.82, 2.24) is 4.72 Å². The molecule has 6 nitrogen and oxygen atoms in total. The summed E-state index contributed by atoms with van der Waals surface area (Å²) in [5.74, 6) is -4.92. The topological polar surface area (TPSA) is 104 Å². The van der Waals surface area contributed by atoms with E-state index in [0.29, 0.717) is 5.56 Å². The Labute approximate surface area is 120 Å². The number of hydrogen-bond donors (Lipinski definition) is 3. The second-order valence-corrected chi connectivity index (χ2v) is 6.06. The first-order valence-electron chi connectivity index (χ1n) is 5.97. The zero-order valence-corrected chi connectivity index (χ0v) is 12.0. The second kappa shape index (κ2) is 6.46. The molecule has 0 spiro atoms. The van der Waals surface area contributed by atoms with Crippen molar-refractivity contribution in [3.05, 3.63) is 29.3 Å². The molecule has 21 heavy (non-hydrogen) atoms. The number of aromatic carboxylic acids is 1. The van der Waals surface area contributed by atoms with Gasteiger partial charge in [-0.2, -0.15) is 0 Å². The highest BCUT2D eigenvalue weighted by Crippen LogP contribution is 2.20. The molecule has 0 unspecified atom stereocenters. The summed E-state index contributed by atoms with van der Waals surface area (Å²) < 4.78 is 51.6. The van der Waals surface area contributed by atoms with Crippen LogP contribution in [0.3, 0.4) is 0 Å². The molecule has 118 valence electrons. The van der Waals surface area contributed by atoms with E-state index in [4.69, 9.17) is 10.2 Å². The van der Waals surface area contributed by atoms with Crippen molar-refractivity contribution in [3.8, 4) is 0 Å². The van der Waals surface area contributed by atoms with Crippen molar-refractivity contribution in [1.29, 1.82) is 0 Å². The smallest absolute Gasteiger partial charge is 0.335 e. The Hall–Kier alpha value is -1.58. The van der Waals surface area contributed by atoms with Gasteiger partial charge in [-0.25, -0.2) is 26.7 Å². The molecule has 0 heterocycles. The molecular weight excluding hydrogens is 308 g/mol. The lowest BCUT2D eigenvalue weighted by Crippen LogP contribution is -2.39. The highest BCUT2D eigenvalue weighted by atomic mass is 32.2. The van der Waals surface area contributed by atoms with Crippen molar-refractivity contribution in [2.45, 2.75) is 24.2 Å². The molecule has 0 aliphatic rings. The zero-order valence-electron chi connectivity index (χ0n) is 11.1.